The van der Waals surface area contributed by atoms with E-state index in [2.05, 4.69) is 21.0 Å². The molecular weight excluding hydrogens is 351 g/mol. The molecule has 0 saturated heterocycles. The van der Waals surface area contributed by atoms with Crippen LogP contribution in [0.2, 0.25) is 0 Å². The lowest BCUT2D eigenvalue weighted by Gasteiger charge is -2.07. The summed E-state index contributed by atoms with van der Waals surface area (Å²) in [7, 11) is 0. The van der Waals surface area contributed by atoms with E-state index in [1.165, 1.54) is 12.1 Å². The number of fused-ring (bicyclic) bond motifs is 1. The summed E-state index contributed by atoms with van der Waals surface area (Å²) >= 11 is 0. The van der Waals surface area contributed by atoms with Crippen molar-refractivity contribution in [2.75, 3.05) is 0 Å². The Morgan fingerprint density at radius 2 is 1.61 bits per heavy atom. The van der Waals surface area contributed by atoms with Crippen molar-refractivity contribution in [1.82, 2.24) is 19.4 Å². The molecule has 0 saturated carbocycles. The van der Waals surface area contributed by atoms with Gasteiger partial charge in [-0.2, -0.15) is 0 Å². The van der Waals surface area contributed by atoms with Gasteiger partial charge in [0.1, 0.15) is 11.5 Å². The molecule has 4 nitrogen and oxygen atoms in total. The van der Waals surface area contributed by atoms with Crippen LogP contribution in [0.5, 0.6) is 0 Å². The fraction of sp³-hybridized carbons (Fsp3) is 0. The van der Waals surface area contributed by atoms with Crippen LogP contribution in [0.1, 0.15) is 0 Å². The van der Waals surface area contributed by atoms with Crippen molar-refractivity contribution in [3.8, 4) is 33.6 Å². The highest BCUT2D eigenvalue weighted by Crippen LogP contribution is 2.27. The van der Waals surface area contributed by atoms with Gasteiger partial charge < -0.3 is 0 Å². The van der Waals surface area contributed by atoms with Gasteiger partial charge in [-0.15, -0.1) is 0 Å². The van der Waals surface area contributed by atoms with Gasteiger partial charge in [-0.3, -0.25) is 14.4 Å². The van der Waals surface area contributed by atoms with Crippen molar-refractivity contribution < 1.29 is 4.39 Å². The van der Waals surface area contributed by atoms with Crippen molar-refractivity contribution in [2.45, 2.75) is 0 Å². The molecule has 0 aliphatic carbocycles. The monoisotopic (exact) mass is 366 g/mol. The maximum Gasteiger partial charge on any atom is 0.137 e. The van der Waals surface area contributed by atoms with E-state index in [4.69, 9.17) is 0 Å². The van der Waals surface area contributed by atoms with E-state index in [0.717, 1.165) is 39.3 Å². The van der Waals surface area contributed by atoms with Gasteiger partial charge in [0.15, 0.2) is 0 Å². The van der Waals surface area contributed by atoms with Gasteiger partial charge in [0.25, 0.3) is 0 Å². The van der Waals surface area contributed by atoms with Gasteiger partial charge in [-0.25, -0.2) is 9.37 Å². The first kappa shape index (κ1) is 16.3. The summed E-state index contributed by atoms with van der Waals surface area (Å²) in [5, 5.41) is 0. The first-order chi connectivity index (χ1) is 13.8. The van der Waals surface area contributed by atoms with Crippen LogP contribution in [0.15, 0.2) is 91.6 Å². The molecule has 0 atom stereocenters. The predicted octanol–water partition coefficient (Wildman–Crippen LogP) is 5.26. The van der Waals surface area contributed by atoms with Crippen LogP contribution in [0, 0.1) is 5.82 Å². The fourth-order valence-corrected chi connectivity index (χ4v) is 3.28. The topological polar surface area (TPSA) is 43.1 Å². The fourth-order valence-electron chi connectivity index (χ4n) is 3.28. The first-order valence-electron chi connectivity index (χ1n) is 8.88. The van der Waals surface area contributed by atoms with Gasteiger partial charge >= 0.3 is 0 Å². The van der Waals surface area contributed by atoms with E-state index in [1.807, 2.05) is 53.3 Å². The minimum Gasteiger partial charge on any atom is -0.300 e. The normalized spacial score (nSPS) is 11.0. The van der Waals surface area contributed by atoms with Crippen LogP contribution in [-0.2, 0) is 0 Å². The third kappa shape index (κ3) is 2.93. The minimum atomic E-state index is -0.258. The van der Waals surface area contributed by atoms with Crippen LogP contribution >= 0.6 is 0 Å². The molecule has 0 amide bonds. The summed E-state index contributed by atoms with van der Waals surface area (Å²) < 4.78 is 15.2. The zero-order valence-corrected chi connectivity index (χ0v) is 14.8. The van der Waals surface area contributed by atoms with Crippen molar-refractivity contribution in [1.29, 1.82) is 0 Å². The van der Waals surface area contributed by atoms with E-state index in [9.17, 15) is 4.39 Å². The molecule has 134 valence electrons. The van der Waals surface area contributed by atoms with Gasteiger partial charge in [-0.1, -0.05) is 6.07 Å². The first-order valence-corrected chi connectivity index (χ1v) is 8.88. The van der Waals surface area contributed by atoms with E-state index in [1.54, 1.807) is 24.5 Å². The molecule has 5 aromatic rings. The van der Waals surface area contributed by atoms with Crippen LogP contribution in [0.3, 0.4) is 0 Å². The number of aromatic nitrogens is 4. The molecule has 0 aliphatic heterocycles. The molecule has 0 fully saturated rings. The minimum absolute atomic E-state index is 0.258. The number of nitrogens with zero attached hydrogens (tertiary/aromatic N) is 4. The lowest BCUT2D eigenvalue weighted by molar-refractivity contribution is 0.628. The summed E-state index contributed by atoms with van der Waals surface area (Å²) in [6, 6.07) is 18.3. The largest absolute Gasteiger partial charge is 0.300 e. The highest BCUT2D eigenvalue weighted by atomic mass is 19.1. The molecule has 4 aromatic heterocycles. The number of pyridine rings is 3. The highest BCUT2D eigenvalue weighted by molar-refractivity contribution is 5.72. The summed E-state index contributed by atoms with van der Waals surface area (Å²) in [6.07, 6.45) is 9.23. The quantitative estimate of drug-likeness (QED) is 0.437. The lowest BCUT2D eigenvalue weighted by Crippen LogP contribution is -1.91. The zero-order valence-electron chi connectivity index (χ0n) is 14.8. The van der Waals surface area contributed by atoms with Crippen LogP contribution < -0.4 is 0 Å². The average molecular weight is 366 g/mol. The van der Waals surface area contributed by atoms with Crippen LogP contribution in [0.25, 0.3) is 39.3 Å². The number of hydrogen-bond donors (Lipinski definition) is 0. The van der Waals surface area contributed by atoms with E-state index in [-0.39, 0.29) is 5.82 Å². The molecule has 28 heavy (non-hydrogen) atoms. The predicted molar refractivity (Wildman–Crippen MR) is 107 cm³/mol. The van der Waals surface area contributed by atoms with Gasteiger partial charge in [-0.05, 0) is 60.2 Å². The van der Waals surface area contributed by atoms with Crippen LogP contribution in [-0.4, -0.2) is 19.4 Å². The second-order valence-corrected chi connectivity index (χ2v) is 6.47. The maximum atomic E-state index is 13.2. The average Bonchev–Trinajstić information content (AvgIpc) is 3.18. The van der Waals surface area contributed by atoms with E-state index < -0.39 is 0 Å². The number of imidazole rings is 1. The Balaban J connectivity index is 1.56. The summed E-state index contributed by atoms with van der Waals surface area (Å²) in [4.78, 5) is 13.2. The second-order valence-electron chi connectivity index (χ2n) is 6.47. The van der Waals surface area contributed by atoms with Crippen molar-refractivity contribution in [3.63, 3.8) is 0 Å². The zero-order chi connectivity index (χ0) is 18.9. The Labute approximate surface area is 161 Å². The SMILES string of the molecule is Fc1ccc(-c2cc(-c3cnc4cc(-c5cccnc5)ccn34)ccn2)cc1. The maximum absolute atomic E-state index is 13.2. The second kappa shape index (κ2) is 6.70. The number of rotatable bonds is 3. The molecule has 5 rings (SSSR count). The Hall–Kier alpha value is -3.86. The summed E-state index contributed by atoms with van der Waals surface area (Å²) in [6.45, 7) is 0. The Bertz CT molecular complexity index is 1260. The van der Waals surface area contributed by atoms with E-state index in [0.29, 0.717) is 0 Å². The molecule has 0 bridgehead atoms. The van der Waals surface area contributed by atoms with Crippen molar-refractivity contribution in [2.24, 2.45) is 0 Å². The van der Waals surface area contributed by atoms with Gasteiger partial charge in [0, 0.05) is 41.5 Å². The molecule has 0 radical (unpaired) electrons. The van der Waals surface area contributed by atoms with Crippen molar-refractivity contribution in [3.05, 3.63) is 97.5 Å². The van der Waals surface area contributed by atoms with Gasteiger partial charge in [0.05, 0.1) is 17.6 Å². The van der Waals surface area contributed by atoms with Crippen LogP contribution in [0.4, 0.5) is 4.39 Å². The molecule has 1 aromatic carbocycles. The molecule has 0 spiro atoms. The molecule has 5 heteroatoms. The molecule has 4 heterocycles. The molecular formula is C23H15FN4. The molecule has 0 aliphatic rings. The molecule has 0 unspecified atom stereocenters. The number of halogens is 1. The Kier molecular flexibility index (Phi) is 3.91. The third-order valence-electron chi connectivity index (χ3n) is 4.70. The standard InChI is InChI=1S/C23H15FN4/c24-20-5-3-16(4-6-20)21-12-18(7-10-26-21)22-15-27-23-13-17(8-11-28(22)23)19-2-1-9-25-14-19/h1-15H. The van der Waals surface area contributed by atoms with Gasteiger partial charge in [0.2, 0.25) is 0 Å². The highest BCUT2D eigenvalue weighted by Gasteiger charge is 2.09. The number of hydrogen-bond acceptors (Lipinski definition) is 3. The van der Waals surface area contributed by atoms with E-state index >= 15 is 0 Å². The molecule has 0 N–H and O–H groups in total. The number of benzene rings is 1. The van der Waals surface area contributed by atoms with Crippen molar-refractivity contribution >= 4 is 5.65 Å². The Morgan fingerprint density at radius 3 is 2.43 bits per heavy atom. The third-order valence-corrected chi connectivity index (χ3v) is 4.70. The summed E-state index contributed by atoms with van der Waals surface area (Å²) in [5.41, 5.74) is 6.61. The Morgan fingerprint density at radius 1 is 0.714 bits per heavy atom. The lowest BCUT2D eigenvalue weighted by atomic mass is 10.1. The summed E-state index contributed by atoms with van der Waals surface area (Å²) in [5.74, 6) is -0.258. The smallest absolute Gasteiger partial charge is 0.137 e.